The van der Waals surface area contributed by atoms with Gasteiger partial charge in [-0.15, -0.1) is 35.3 Å². The summed E-state index contributed by atoms with van der Waals surface area (Å²) in [4.78, 5) is 8.57. The number of hydrogen-bond acceptors (Lipinski definition) is 4. The van der Waals surface area contributed by atoms with Gasteiger partial charge in [0.15, 0.2) is 5.96 Å². The minimum atomic E-state index is 0. The lowest BCUT2D eigenvalue weighted by molar-refractivity contribution is 0.0342. The number of aryl methyl sites for hydroxylation is 1. The average Bonchev–Trinajstić information content (AvgIpc) is 3.10. The minimum Gasteiger partial charge on any atom is -0.379 e. The van der Waals surface area contributed by atoms with E-state index in [-0.39, 0.29) is 24.0 Å². The fourth-order valence-corrected chi connectivity index (χ4v) is 3.95. The number of halogens is 1. The first-order valence-corrected chi connectivity index (χ1v) is 10.6. The molecule has 0 atom stereocenters. The van der Waals surface area contributed by atoms with Crippen molar-refractivity contribution in [2.24, 2.45) is 4.99 Å². The Morgan fingerprint density at radius 3 is 2.68 bits per heavy atom. The molecule has 7 heteroatoms. The van der Waals surface area contributed by atoms with Crippen molar-refractivity contribution in [3.05, 3.63) is 57.3 Å². The molecule has 2 N–H and O–H groups in total. The van der Waals surface area contributed by atoms with Crippen LogP contribution in [0.3, 0.4) is 0 Å². The second kappa shape index (κ2) is 12.4. The highest BCUT2D eigenvalue weighted by Gasteiger charge is 2.10. The number of nitrogens with one attached hydrogen (secondary N) is 2. The summed E-state index contributed by atoms with van der Waals surface area (Å²) in [5.74, 6) is 0.865. The van der Waals surface area contributed by atoms with Gasteiger partial charge in [-0.1, -0.05) is 24.3 Å². The molecule has 1 fully saturated rings. The fraction of sp³-hybridized carbons (Fsp3) is 0.476. The molecule has 1 aromatic heterocycles. The van der Waals surface area contributed by atoms with Crippen molar-refractivity contribution >= 4 is 41.3 Å². The molecule has 5 nitrogen and oxygen atoms in total. The van der Waals surface area contributed by atoms with Crippen LogP contribution >= 0.6 is 35.3 Å². The quantitative estimate of drug-likeness (QED) is 0.336. The van der Waals surface area contributed by atoms with Gasteiger partial charge in [-0.05, 0) is 42.0 Å². The Labute approximate surface area is 189 Å². The number of ether oxygens (including phenoxy) is 1. The van der Waals surface area contributed by atoms with Crippen LogP contribution in [-0.4, -0.2) is 43.7 Å². The van der Waals surface area contributed by atoms with E-state index in [9.17, 15) is 0 Å². The number of nitrogens with zero attached hydrogens (tertiary/aromatic N) is 2. The summed E-state index contributed by atoms with van der Waals surface area (Å²) in [6.45, 7) is 11.3. The zero-order chi connectivity index (χ0) is 18.9. The third-order valence-electron chi connectivity index (χ3n) is 4.65. The number of guanidine groups is 1. The van der Waals surface area contributed by atoms with Gasteiger partial charge in [0.2, 0.25) is 0 Å². The molecule has 2 heterocycles. The first kappa shape index (κ1) is 23.1. The van der Waals surface area contributed by atoms with Gasteiger partial charge in [0.05, 0.1) is 26.3 Å². The molecule has 0 spiro atoms. The van der Waals surface area contributed by atoms with Gasteiger partial charge in [0.1, 0.15) is 0 Å². The van der Waals surface area contributed by atoms with Gasteiger partial charge in [0.25, 0.3) is 0 Å². The highest BCUT2D eigenvalue weighted by atomic mass is 127. The maximum atomic E-state index is 5.43. The van der Waals surface area contributed by atoms with Crippen molar-refractivity contribution < 1.29 is 4.74 Å². The summed E-state index contributed by atoms with van der Waals surface area (Å²) in [7, 11) is 0. The normalized spacial score (nSPS) is 15.1. The molecule has 28 heavy (non-hydrogen) atoms. The molecule has 0 saturated carbocycles. The van der Waals surface area contributed by atoms with Crippen molar-refractivity contribution in [2.45, 2.75) is 33.5 Å². The van der Waals surface area contributed by atoms with Crippen LogP contribution in [0.2, 0.25) is 0 Å². The van der Waals surface area contributed by atoms with Crippen LogP contribution in [-0.2, 0) is 24.4 Å². The van der Waals surface area contributed by atoms with E-state index in [1.807, 2.05) is 0 Å². The Hall–Kier alpha value is -1.16. The van der Waals surface area contributed by atoms with E-state index in [0.717, 1.165) is 51.9 Å². The van der Waals surface area contributed by atoms with Gasteiger partial charge in [-0.25, -0.2) is 4.99 Å². The molecule has 1 aromatic carbocycles. The van der Waals surface area contributed by atoms with Crippen molar-refractivity contribution in [1.82, 2.24) is 15.5 Å². The van der Waals surface area contributed by atoms with Crippen LogP contribution < -0.4 is 10.6 Å². The van der Waals surface area contributed by atoms with E-state index in [2.05, 4.69) is 65.1 Å². The third kappa shape index (κ3) is 7.35. The molecule has 2 aromatic rings. The van der Waals surface area contributed by atoms with Crippen molar-refractivity contribution in [3.63, 3.8) is 0 Å². The van der Waals surface area contributed by atoms with Crippen LogP contribution in [0.25, 0.3) is 0 Å². The summed E-state index contributed by atoms with van der Waals surface area (Å²) in [6, 6.07) is 10.9. The Morgan fingerprint density at radius 1 is 1.18 bits per heavy atom. The smallest absolute Gasteiger partial charge is 0.191 e. The molecule has 1 aliphatic rings. The predicted octanol–water partition coefficient (Wildman–Crippen LogP) is 3.76. The van der Waals surface area contributed by atoms with E-state index < -0.39 is 0 Å². The molecule has 0 radical (unpaired) electrons. The first-order chi connectivity index (χ1) is 13.2. The minimum absolute atomic E-state index is 0. The van der Waals surface area contributed by atoms with E-state index in [1.54, 1.807) is 11.3 Å². The summed E-state index contributed by atoms with van der Waals surface area (Å²) in [5.41, 5.74) is 3.92. The van der Waals surface area contributed by atoms with Crippen LogP contribution in [0.4, 0.5) is 0 Å². The summed E-state index contributed by atoms with van der Waals surface area (Å²) in [6.07, 6.45) is 0. The molecular weight excluding hydrogens is 483 g/mol. The number of thiophene rings is 1. The molecule has 0 bridgehead atoms. The number of morpholine rings is 1. The Balaban J connectivity index is 0.00000280. The van der Waals surface area contributed by atoms with Crippen molar-refractivity contribution in [3.8, 4) is 0 Å². The zero-order valence-electron chi connectivity index (χ0n) is 16.7. The third-order valence-corrected chi connectivity index (χ3v) is 5.67. The number of aliphatic imine (C=N–C) groups is 1. The van der Waals surface area contributed by atoms with Crippen molar-refractivity contribution in [2.75, 3.05) is 32.8 Å². The number of rotatable bonds is 7. The zero-order valence-corrected chi connectivity index (χ0v) is 19.9. The average molecular weight is 514 g/mol. The monoisotopic (exact) mass is 514 g/mol. The molecule has 1 aliphatic heterocycles. The maximum Gasteiger partial charge on any atom is 0.191 e. The Bertz CT molecular complexity index is 744. The largest absolute Gasteiger partial charge is 0.379 e. The van der Waals surface area contributed by atoms with Crippen LogP contribution in [0, 0.1) is 6.92 Å². The molecule has 0 unspecified atom stereocenters. The fourth-order valence-electron chi connectivity index (χ4n) is 3.11. The lowest BCUT2D eigenvalue weighted by Gasteiger charge is -2.26. The maximum absolute atomic E-state index is 5.43. The van der Waals surface area contributed by atoms with Crippen LogP contribution in [0.15, 0.2) is 40.7 Å². The summed E-state index contributed by atoms with van der Waals surface area (Å²) >= 11 is 1.78. The molecule has 3 rings (SSSR count). The SMILES string of the molecule is CCNC(=NCc1cccc(CN2CCOCC2)c1)NCc1sccc1C.I. The Morgan fingerprint density at radius 2 is 1.96 bits per heavy atom. The lowest BCUT2D eigenvalue weighted by Crippen LogP contribution is -2.36. The van der Waals surface area contributed by atoms with Crippen LogP contribution in [0.5, 0.6) is 0 Å². The summed E-state index contributed by atoms with van der Waals surface area (Å²) < 4.78 is 5.43. The van der Waals surface area contributed by atoms with Gasteiger partial charge >= 0.3 is 0 Å². The topological polar surface area (TPSA) is 48.9 Å². The van der Waals surface area contributed by atoms with Crippen LogP contribution in [0.1, 0.15) is 28.5 Å². The molecular formula is C21H31IN4OS. The lowest BCUT2D eigenvalue weighted by atomic mass is 10.1. The van der Waals surface area contributed by atoms with Gasteiger partial charge < -0.3 is 15.4 Å². The summed E-state index contributed by atoms with van der Waals surface area (Å²) in [5, 5.41) is 8.91. The highest BCUT2D eigenvalue weighted by Crippen LogP contribution is 2.15. The van der Waals surface area contributed by atoms with Gasteiger partial charge in [-0.2, -0.15) is 0 Å². The Kier molecular flexibility index (Phi) is 10.3. The molecule has 154 valence electrons. The van der Waals surface area contributed by atoms with E-state index in [0.29, 0.717) is 6.54 Å². The predicted molar refractivity (Wildman–Crippen MR) is 129 cm³/mol. The molecule has 0 amide bonds. The van der Waals surface area contributed by atoms with Gasteiger partial charge in [-0.3, -0.25) is 4.90 Å². The first-order valence-electron chi connectivity index (χ1n) is 9.67. The standard InChI is InChI=1S/C21H30N4OS.HI/c1-3-22-21(24-15-20-17(2)7-12-27-20)23-14-18-5-4-6-19(13-18)16-25-8-10-26-11-9-25;/h4-7,12-13H,3,8-11,14-16H2,1-2H3,(H2,22,23,24);1H. The van der Waals surface area contributed by atoms with E-state index >= 15 is 0 Å². The second-order valence-corrected chi connectivity index (χ2v) is 7.78. The molecule has 0 aliphatic carbocycles. The molecule has 1 saturated heterocycles. The van der Waals surface area contributed by atoms with Crippen molar-refractivity contribution in [1.29, 1.82) is 0 Å². The second-order valence-electron chi connectivity index (χ2n) is 6.78. The number of hydrogen-bond donors (Lipinski definition) is 2. The highest BCUT2D eigenvalue weighted by molar-refractivity contribution is 14.0. The number of benzene rings is 1. The van der Waals surface area contributed by atoms with E-state index in [4.69, 9.17) is 9.73 Å². The van der Waals surface area contributed by atoms with Gasteiger partial charge in [0, 0.05) is 31.1 Å². The van der Waals surface area contributed by atoms with E-state index in [1.165, 1.54) is 21.6 Å².